The van der Waals surface area contributed by atoms with E-state index < -0.39 is 0 Å². The smallest absolute Gasteiger partial charge is 0.127 e. The molecule has 0 aliphatic heterocycles. The summed E-state index contributed by atoms with van der Waals surface area (Å²) in [7, 11) is 0. The summed E-state index contributed by atoms with van der Waals surface area (Å²) in [6.07, 6.45) is 9.72. The molecule has 0 bridgehead atoms. The Morgan fingerprint density at radius 2 is 1.06 bits per heavy atom. The van der Waals surface area contributed by atoms with Crippen LogP contribution in [-0.2, 0) is 0 Å². The van der Waals surface area contributed by atoms with E-state index in [1.807, 2.05) is 0 Å². The molecule has 0 aliphatic rings. The third-order valence-electron chi connectivity index (χ3n) is 6.21. The van der Waals surface area contributed by atoms with Gasteiger partial charge in [0.1, 0.15) is 11.5 Å². The molecular weight excluding hydrogens is 528 g/mol. The first-order chi connectivity index (χ1) is 15.5. The first-order valence-corrected chi connectivity index (χ1v) is 14.0. The molecule has 2 rings (SSSR count). The summed E-state index contributed by atoms with van der Waals surface area (Å²) in [5.74, 6) is 3.02. The third-order valence-corrected chi connectivity index (χ3v) is 7.20. The van der Waals surface area contributed by atoms with Crippen LogP contribution in [0.2, 0.25) is 0 Å². The van der Waals surface area contributed by atoms with E-state index in [4.69, 9.17) is 9.47 Å². The molecule has 2 aromatic rings. The van der Waals surface area contributed by atoms with Gasteiger partial charge < -0.3 is 9.47 Å². The van der Waals surface area contributed by atoms with Gasteiger partial charge >= 0.3 is 0 Å². The van der Waals surface area contributed by atoms with Gasteiger partial charge in [0.25, 0.3) is 0 Å². The van der Waals surface area contributed by atoms with E-state index in [9.17, 15) is 0 Å². The lowest BCUT2D eigenvalue weighted by atomic mass is 9.99. The quantitative estimate of drug-likeness (QED) is 0.213. The molecule has 178 valence electrons. The second-order valence-electron chi connectivity index (χ2n) is 8.74. The maximum absolute atomic E-state index is 6.40. The van der Waals surface area contributed by atoms with E-state index in [0.717, 1.165) is 57.6 Å². The molecule has 0 fully saturated rings. The fourth-order valence-corrected chi connectivity index (χ4v) is 4.61. The van der Waals surface area contributed by atoms with Gasteiger partial charge in [-0.15, -0.1) is 0 Å². The van der Waals surface area contributed by atoms with Gasteiger partial charge in [0, 0.05) is 20.1 Å². The summed E-state index contributed by atoms with van der Waals surface area (Å²) in [6, 6.07) is 12.6. The van der Waals surface area contributed by atoms with Crippen molar-refractivity contribution in [3.8, 4) is 22.6 Å². The van der Waals surface area contributed by atoms with Gasteiger partial charge in [-0.05, 0) is 61.1 Å². The third kappa shape index (κ3) is 8.74. The predicted octanol–water partition coefficient (Wildman–Crippen LogP) is 10.1. The number of halogens is 2. The molecule has 0 N–H and O–H groups in total. The number of rotatable bonds is 15. The Bertz CT molecular complexity index is 739. The zero-order valence-corrected chi connectivity index (χ0v) is 23.4. The van der Waals surface area contributed by atoms with Crippen LogP contribution < -0.4 is 9.47 Å². The summed E-state index contributed by atoms with van der Waals surface area (Å²) < 4.78 is 14.9. The summed E-state index contributed by atoms with van der Waals surface area (Å²) in [5, 5.41) is 0. The van der Waals surface area contributed by atoms with Crippen molar-refractivity contribution in [2.75, 3.05) is 13.2 Å². The summed E-state index contributed by atoms with van der Waals surface area (Å²) in [6.45, 7) is 10.5. The molecular formula is C28H40Br2O2. The molecule has 32 heavy (non-hydrogen) atoms. The lowest BCUT2D eigenvalue weighted by Gasteiger charge is -2.21. The number of unbranched alkanes of at least 4 members (excludes halogenated alkanes) is 2. The molecule has 2 aromatic carbocycles. The van der Waals surface area contributed by atoms with Crippen molar-refractivity contribution >= 4 is 31.9 Å². The van der Waals surface area contributed by atoms with Crippen molar-refractivity contribution in [2.45, 2.75) is 79.1 Å². The van der Waals surface area contributed by atoms with Gasteiger partial charge in [-0.1, -0.05) is 98.1 Å². The minimum absolute atomic E-state index is 0.591. The highest BCUT2D eigenvalue weighted by molar-refractivity contribution is 9.10. The molecule has 4 heteroatoms. The average molecular weight is 568 g/mol. The van der Waals surface area contributed by atoms with Gasteiger partial charge in [-0.3, -0.25) is 0 Å². The Morgan fingerprint density at radius 3 is 1.41 bits per heavy atom. The molecule has 0 saturated heterocycles. The second-order valence-corrected chi connectivity index (χ2v) is 10.6. The molecule has 2 atom stereocenters. The minimum atomic E-state index is 0.591. The highest BCUT2D eigenvalue weighted by Gasteiger charge is 2.16. The number of hydrogen-bond acceptors (Lipinski definition) is 2. The van der Waals surface area contributed by atoms with Crippen LogP contribution in [0.3, 0.4) is 0 Å². The first-order valence-electron chi connectivity index (χ1n) is 12.4. The lowest BCUT2D eigenvalue weighted by Crippen LogP contribution is -2.12. The predicted molar refractivity (Wildman–Crippen MR) is 145 cm³/mol. The molecule has 0 heterocycles. The van der Waals surface area contributed by atoms with Crippen LogP contribution >= 0.6 is 31.9 Å². The maximum Gasteiger partial charge on any atom is 0.127 e. The fourth-order valence-electron chi connectivity index (χ4n) is 3.89. The SMILES string of the molecule is CCCCC(CC)COc1ccc(Br)cc1-c1cc(Br)ccc1OCC(CC)CCCC. The molecule has 2 unspecified atom stereocenters. The van der Waals surface area contributed by atoms with Crippen LogP contribution in [0.25, 0.3) is 11.1 Å². The molecule has 0 spiro atoms. The van der Waals surface area contributed by atoms with Crippen LogP contribution in [0.15, 0.2) is 45.3 Å². The zero-order valence-electron chi connectivity index (χ0n) is 20.3. The number of benzene rings is 2. The first kappa shape index (κ1) is 27.2. The van der Waals surface area contributed by atoms with E-state index >= 15 is 0 Å². The Morgan fingerprint density at radius 1 is 0.656 bits per heavy atom. The Labute approximate surface area is 212 Å². The van der Waals surface area contributed by atoms with E-state index in [-0.39, 0.29) is 0 Å². The molecule has 2 nitrogen and oxygen atoms in total. The van der Waals surface area contributed by atoms with Crippen LogP contribution in [0, 0.1) is 11.8 Å². The monoisotopic (exact) mass is 566 g/mol. The van der Waals surface area contributed by atoms with Gasteiger partial charge in [-0.2, -0.15) is 0 Å². The average Bonchev–Trinajstić information content (AvgIpc) is 2.80. The molecule has 0 radical (unpaired) electrons. The van der Waals surface area contributed by atoms with Crippen LogP contribution in [0.4, 0.5) is 0 Å². The van der Waals surface area contributed by atoms with E-state index in [1.54, 1.807) is 0 Å². The molecule has 0 amide bonds. The van der Waals surface area contributed by atoms with Gasteiger partial charge in [0.05, 0.1) is 13.2 Å². The largest absolute Gasteiger partial charge is 0.493 e. The highest BCUT2D eigenvalue weighted by atomic mass is 79.9. The van der Waals surface area contributed by atoms with Crippen molar-refractivity contribution in [2.24, 2.45) is 11.8 Å². The Balaban J connectivity index is 2.27. The van der Waals surface area contributed by atoms with E-state index in [2.05, 4.69) is 96.0 Å². The van der Waals surface area contributed by atoms with Crippen LogP contribution in [-0.4, -0.2) is 13.2 Å². The van der Waals surface area contributed by atoms with Crippen molar-refractivity contribution in [1.82, 2.24) is 0 Å². The standard InChI is InChI=1S/C28H40Br2O2/c1-5-9-11-21(7-3)19-31-27-15-13-23(29)17-25(27)26-18-24(30)14-16-28(26)32-20-22(8-4)12-10-6-2/h13-18,21-22H,5-12,19-20H2,1-4H3. The maximum atomic E-state index is 6.40. The molecule has 0 aromatic heterocycles. The second kappa shape index (κ2) is 15.0. The zero-order chi connectivity index (χ0) is 23.3. The lowest BCUT2D eigenvalue weighted by molar-refractivity contribution is 0.231. The van der Waals surface area contributed by atoms with Gasteiger partial charge in [-0.25, -0.2) is 0 Å². The van der Waals surface area contributed by atoms with Crippen molar-refractivity contribution in [3.05, 3.63) is 45.3 Å². The van der Waals surface area contributed by atoms with Crippen molar-refractivity contribution in [1.29, 1.82) is 0 Å². The van der Waals surface area contributed by atoms with Gasteiger partial charge in [0.2, 0.25) is 0 Å². The van der Waals surface area contributed by atoms with Crippen molar-refractivity contribution < 1.29 is 9.47 Å². The Kier molecular flexibility index (Phi) is 12.8. The van der Waals surface area contributed by atoms with E-state index in [0.29, 0.717) is 11.8 Å². The molecule has 0 aliphatic carbocycles. The van der Waals surface area contributed by atoms with Gasteiger partial charge in [0.15, 0.2) is 0 Å². The highest BCUT2D eigenvalue weighted by Crippen LogP contribution is 2.40. The number of ether oxygens (including phenoxy) is 2. The molecule has 0 saturated carbocycles. The van der Waals surface area contributed by atoms with Crippen LogP contribution in [0.5, 0.6) is 11.5 Å². The normalized spacial score (nSPS) is 13.1. The Hall–Kier alpha value is -1.00. The summed E-state index contributed by atoms with van der Waals surface area (Å²) >= 11 is 7.32. The van der Waals surface area contributed by atoms with Crippen LogP contribution in [0.1, 0.15) is 79.1 Å². The topological polar surface area (TPSA) is 18.5 Å². The number of hydrogen-bond donors (Lipinski definition) is 0. The van der Waals surface area contributed by atoms with Crippen molar-refractivity contribution in [3.63, 3.8) is 0 Å². The summed E-state index contributed by atoms with van der Waals surface area (Å²) in [5.41, 5.74) is 2.14. The fraction of sp³-hybridized carbons (Fsp3) is 0.571. The van der Waals surface area contributed by atoms with E-state index in [1.165, 1.54) is 38.5 Å². The summed E-state index contributed by atoms with van der Waals surface area (Å²) in [4.78, 5) is 0. The minimum Gasteiger partial charge on any atom is -0.493 e.